The fourth-order valence-electron chi connectivity index (χ4n) is 3.95. The van der Waals surface area contributed by atoms with E-state index in [-0.39, 0.29) is 11.9 Å². The van der Waals surface area contributed by atoms with E-state index in [9.17, 15) is 9.18 Å². The summed E-state index contributed by atoms with van der Waals surface area (Å²) in [4.78, 5) is 19.8. The first-order chi connectivity index (χ1) is 14.2. The number of para-hydroxylation sites is 1. The molecule has 6 heteroatoms. The molecule has 4 nitrogen and oxygen atoms in total. The number of rotatable bonds is 4. The molecule has 2 aromatic rings. The molecule has 0 aromatic heterocycles. The van der Waals surface area contributed by atoms with Crippen molar-refractivity contribution in [2.45, 2.75) is 6.04 Å². The van der Waals surface area contributed by atoms with Gasteiger partial charge in [-0.05, 0) is 43.5 Å². The van der Waals surface area contributed by atoms with Crippen LogP contribution in [0.25, 0.3) is 6.08 Å². The molecule has 2 saturated heterocycles. The van der Waals surface area contributed by atoms with Crippen molar-refractivity contribution in [1.82, 2.24) is 4.90 Å². The topological polar surface area (TPSA) is 26.8 Å². The molecule has 0 N–H and O–H groups in total. The van der Waals surface area contributed by atoms with E-state index >= 15 is 0 Å². The number of halogens is 1. The van der Waals surface area contributed by atoms with Gasteiger partial charge in [0.15, 0.2) is 0 Å². The van der Waals surface area contributed by atoms with E-state index in [0.717, 1.165) is 66.6 Å². The summed E-state index contributed by atoms with van der Waals surface area (Å²) >= 11 is 1.69. The first-order valence-electron chi connectivity index (χ1n) is 10.00. The van der Waals surface area contributed by atoms with Crippen LogP contribution in [-0.4, -0.2) is 62.8 Å². The van der Waals surface area contributed by atoms with Crippen LogP contribution in [0.3, 0.4) is 0 Å². The van der Waals surface area contributed by atoms with Gasteiger partial charge in [-0.1, -0.05) is 18.2 Å². The Bertz CT molecular complexity index is 881. The summed E-state index contributed by atoms with van der Waals surface area (Å²) in [5.74, 6) is 0.641. The van der Waals surface area contributed by atoms with Crippen LogP contribution in [-0.2, 0) is 4.79 Å². The largest absolute Gasteiger partial charge is 0.368 e. The van der Waals surface area contributed by atoms with Gasteiger partial charge < -0.3 is 19.5 Å². The van der Waals surface area contributed by atoms with Crippen LogP contribution in [0.15, 0.2) is 53.4 Å². The Kier molecular flexibility index (Phi) is 6.21. The van der Waals surface area contributed by atoms with Gasteiger partial charge in [-0.2, -0.15) is 0 Å². The van der Waals surface area contributed by atoms with E-state index in [2.05, 4.69) is 21.7 Å². The van der Waals surface area contributed by atoms with Crippen LogP contribution in [0.4, 0.5) is 15.8 Å². The molecule has 1 unspecified atom stereocenters. The summed E-state index contributed by atoms with van der Waals surface area (Å²) in [5.41, 5.74) is 2.92. The lowest BCUT2D eigenvalue weighted by atomic mass is 10.1. The Morgan fingerprint density at radius 1 is 1.03 bits per heavy atom. The third kappa shape index (κ3) is 4.49. The van der Waals surface area contributed by atoms with Crippen molar-refractivity contribution in [2.24, 2.45) is 0 Å². The minimum atomic E-state index is -0.347. The van der Waals surface area contributed by atoms with Crippen molar-refractivity contribution in [3.8, 4) is 0 Å². The molecule has 2 aromatic carbocycles. The molecule has 0 radical (unpaired) electrons. The Balaban J connectivity index is 1.67. The zero-order chi connectivity index (χ0) is 20.2. The van der Waals surface area contributed by atoms with Crippen molar-refractivity contribution in [3.63, 3.8) is 0 Å². The highest BCUT2D eigenvalue weighted by Gasteiger charge is 2.28. The summed E-state index contributed by atoms with van der Waals surface area (Å²) < 4.78 is 14.1. The summed E-state index contributed by atoms with van der Waals surface area (Å²) in [5, 5.41) is 0. The summed E-state index contributed by atoms with van der Waals surface area (Å²) in [6.45, 7) is 4.61. The van der Waals surface area contributed by atoms with Crippen LogP contribution in [0.1, 0.15) is 5.56 Å². The van der Waals surface area contributed by atoms with Gasteiger partial charge in [0.2, 0.25) is 0 Å². The molecule has 2 heterocycles. The van der Waals surface area contributed by atoms with Gasteiger partial charge in [0.05, 0.1) is 0 Å². The number of aldehydes is 1. The van der Waals surface area contributed by atoms with E-state index < -0.39 is 0 Å². The van der Waals surface area contributed by atoms with Gasteiger partial charge >= 0.3 is 0 Å². The van der Waals surface area contributed by atoms with Gasteiger partial charge in [-0.3, -0.25) is 0 Å². The molecule has 2 aliphatic rings. The molecule has 4 rings (SSSR count). The standard InChI is InChI=1S/C23H26FN3OS/c1-25-9-11-26(12-10-25)21-8-7-19(24)15-18(21)16-23-22(17-28)27(13-14-29-23)20-5-3-2-4-6-20/h2-8,15-17,22H,9-14H2,1H3. The number of likely N-dealkylation sites (N-methyl/N-ethyl adjacent to an activating group) is 1. The smallest absolute Gasteiger partial charge is 0.147 e. The Hall–Kier alpha value is -2.31. The third-order valence-electron chi connectivity index (χ3n) is 5.58. The maximum atomic E-state index is 14.1. The van der Waals surface area contributed by atoms with Crippen molar-refractivity contribution >= 4 is 35.5 Å². The SMILES string of the molecule is CN1CCN(c2ccc(F)cc2C=C2SCCN(c3ccccc3)C2C=O)CC1. The van der Waals surface area contributed by atoms with Gasteiger partial charge in [0.25, 0.3) is 0 Å². The van der Waals surface area contributed by atoms with Crippen LogP contribution in [0.2, 0.25) is 0 Å². The summed E-state index contributed by atoms with van der Waals surface area (Å²) in [7, 11) is 2.12. The molecular formula is C23H26FN3OS. The number of hydrogen-bond donors (Lipinski definition) is 0. The second-order valence-electron chi connectivity index (χ2n) is 7.50. The van der Waals surface area contributed by atoms with Crippen LogP contribution < -0.4 is 9.80 Å². The lowest BCUT2D eigenvalue weighted by Gasteiger charge is -2.37. The lowest BCUT2D eigenvalue weighted by molar-refractivity contribution is -0.108. The molecule has 0 bridgehead atoms. The molecule has 2 aliphatic heterocycles. The fraction of sp³-hybridized carbons (Fsp3) is 0.348. The first-order valence-corrected chi connectivity index (χ1v) is 11.0. The lowest BCUT2D eigenvalue weighted by Crippen LogP contribution is -2.44. The number of piperazine rings is 1. The van der Waals surface area contributed by atoms with Crippen LogP contribution >= 0.6 is 11.8 Å². The van der Waals surface area contributed by atoms with Gasteiger partial charge in [0.1, 0.15) is 18.1 Å². The number of benzene rings is 2. The first kappa shape index (κ1) is 20.0. The maximum Gasteiger partial charge on any atom is 0.147 e. The molecular weight excluding hydrogens is 385 g/mol. The zero-order valence-electron chi connectivity index (χ0n) is 16.6. The van der Waals surface area contributed by atoms with E-state index in [4.69, 9.17) is 0 Å². The summed E-state index contributed by atoms with van der Waals surface area (Å²) in [6.07, 6.45) is 3.01. The fourth-order valence-corrected chi connectivity index (χ4v) is 5.03. The second-order valence-corrected chi connectivity index (χ2v) is 8.67. The highest BCUT2D eigenvalue weighted by molar-refractivity contribution is 8.03. The van der Waals surface area contributed by atoms with Gasteiger partial charge in [-0.15, -0.1) is 11.8 Å². The Morgan fingerprint density at radius 2 is 1.79 bits per heavy atom. The Morgan fingerprint density at radius 3 is 2.52 bits per heavy atom. The quantitative estimate of drug-likeness (QED) is 0.715. The highest BCUT2D eigenvalue weighted by Crippen LogP contribution is 2.35. The summed E-state index contributed by atoms with van der Waals surface area (Å²) in [6, 6.07) is 14.6. The van der Waals surface area contributed by atoms with Crippen molar-refractivity contribution in [3.05, 3.63) is 64.8 Å². The Labute approximate surface area is 176 Å². The monoisotopic (exact) mass is 411 g/mol. The minimum absolute atomic E-state index is 0.252. The van der Waals surface area contributed by atoms with E-state index in [1.165, 1.54) is 6.07 Å². The van der Waals surface area contributed by atoms with Gasteiger partial charge in [-0.25, -0.2) is 4.39 Å². The van der Waals surface area contributed by atoms with Crippen LogP contribution in [0, 0.1) is 5.82 Å². The number of nitrogens with zero attached hydrogens (tertiary/aromatic N) is 3. The number of thioether (sulfide) groups is 1. The number of hydrogen-bond acceptors (Lipinski definition) is 5. The second kappa shape index (κ2) is 9.01. The molecule has 29 heavy (non-hydrogen) atoms. The van der Waals surface area contributed by atoms with Crippen LogP contribution in [0.5, 0.6) is 0 Å². The van der Waals surface area contributed by atoms with E-state index in [1.54, 1.807) is 17.8 Å². The molecule has 0 spiro atoms. The molecule has 1 atom stereocenters. The molecule has 0 saturated carbocycles. The predicted octanol–water partition coefficient (Wildman–Crippen LogP) is 3.74. The minimum Gasteiger partial charge on any atom is -0.368 e. The number of carbonyl (C=O) groups is 1. The average Bonchev–Trinajstić information content (AvgIpc) is 2.75. The van der Waals surface area contributed by atoms with Crippen molar-refractivity contribution < 1.29 is 9.18 Å². The van der Waals surface area contributed by atoms with Crippen molar-refractivity contribution in [2.75, 3.05) is 55.3 Å². The molecule has 0 amide bonds. The number of carbonyl (C=O) groups excluding carboxylic acids is 1. The predicted molar refractivity (Wildman–Crippen MR) is 120 cm³/mol. The molecule has 2 fully saturated rings. The van der Waals surface area contributed by atoms with Crippen molar-refractivity contribution in [1.29, 1.82) is 0 Å². The van der Waals surface area contributed by atoms with E-state index in [0.29, 0.717) is 0 Å². The van der Waals surface area contributed by atoms with Gasteiger partial charge in [0, 0.05) is 60.3 Å². The third-order valence-corrected chi connectivity index (χ3v) is 6.66. The molecule has 0 aliphatic carbocycles. The molecule has 152 valence electrons. The van der Waals surface area contributed by atoms with E-state index in [1.807, 2.05) is 42.5 Å². The number of anilines is 2. The maximum absolute atomic E-state index is 14.1. The average molecular weight is 412 g/mol. The zero-order valence-corrected chi connectivity index (χ0v) is 17.4. The normalized spacial score (nSPS) is 22.1. The highest BCUT2D eigenvalue weighted by atomic mass is 32.2.